The van der Waals surface area contributed by atoms with Crippen molar-refractivity contribution in [1.82, 2.24) is 25.1 Å². The number of nitrogens with one attached hydrogen (secondary N) is 2. The van der Waals surface area contributed by atoms with Crippen molar-refractivity contribution in [2.24, 2.45) is 5.92 Å². The summed E-state index contributed by atoms with van der Waals surface area (Å²) in [4.78, 5) is 27.6. The van der Waals surface area contributed by atoms with Crippen molar-refractivity contribution >= 4 is 22.6 Å². The summed E-state index contributed by atoms with van der Waals surface area (Å²) in [5.41, 5.74) is 2.04. The average molecular weight is 421 g/mol. The molecule has 0 aliphatic carbocycles. The Morgan fingerprint density at radius 3 is 2.84 bits per heavy atom. The minimum Gasteiger partial charge on any atom is -0.472 e. The highest BCUT2D eigenvalue weighted by molar-refractivity contribution is 5.92. The maximum absolute atomic E-state index is 13.3. The van der Waals surface area contributed by atoms with Crippen LogP contribution in [-0.4, -0.2) is 57.5 Å². The lowest BCUT2D eigenvalue weighted by Crippen LogP contribution is -2.62. The van der Waals surface area contributed by atoms with E-state index in [2.05, 4.69) is 34.3 Å². The van der Waals surface area contributed by atoms with E-state index in [4.69, 9.17) is 14.4 Å². The Morgan fingerprint density at radius 2 is 2.03 bits per heavy atom. The molecule has 2 aliphatic rings. The molecule has 1 aromatic carbocycles. The van der Waals surface area contributed by atoms with Crippen LogP contribution in [0.15, 0.2) is 47.3 Å². The number of anilines is 1. The highest BCUT2D eigenvalue weighted by Crippen LogP contribution is 2.25. The molecule has 2 N–H and O–H groups in total. The van der Waals surface area contributed by atoms with Crippen LogP contribution in [0, 0.1) is 5.92 Å². The van der Waals surface area contributed by atoms with Gasteiger partial charge in [-0.25, -0.2) is 9.97 Å². The van der Waals surface area contributed by atoms with Crippen molar-refractivity contribution in [2.75, 3.05) is 25.0 Å². The lowest BCUT2D eigenvalue weighted by atomic mass is 10.0. The highest BCUT2D eigenvalue weighted by Gasteiger charge is 2.33. The average Bonchev–Trinajstić information content (AvgIpc) is 3.26. The van der Waals surface area contributed by atoms with E-state index in [9.17, 15) is 4.79 Å². The van der Waals surface area contributed by atoms with Gasteiger partial charge in [0.25, 0.3) is 0 Å². The van der Waals surface area contributed by atoms with Gasteiger partial charge in [-0.3, -0.25) is 14.6 Å². The number of fused-ring (bicyclic) bond motifs is 5. The largest absolute Gasteiger partial charge is 0.472 e. The third-order valence-electron chi connectivity index (χ3n) is 6.11. The summed E-state index contributed by atoms with van der Waals surface area (Å²) in [7, 11) is 0. The molecule has 3 aromatic rings. The zero-order valence-electron chi connectivity index (χ0n) is 17.9. The minimum atomic E-state index is -0.379. The van der Waals surface area contributed by atoms with E-state index in [0.29, 0.717) is 6.54 Å². The van der Waals surface area contributed by atoms with Crippen molar-refractivity contribution in [3.8, 4) is 0 Å². The fourth-order valence-corrected chi connectivity index (χ4v) is 4.41. The zero-order valence-corrected chi connectivity index (χ0v) is 17.9. The van der Waals surface area contributed by atoms with Crippen molar-refractivity contribution in [3.63, 3.8) is 0 Å². The Kier molecular flexibility index (Phi) is 5.33. The number of piperazine rings is 1. The van der Waals surface area contributed by atoms with E-state index in [1.165, 1.54) is 0 Å². The number of aromatic nitrogens is 2. The molecule has 0 saturated carbocycles. The first kappa shape index (κ1) is 20.0. The molecule has 4 heterocycles. The van der Waals surface area contributed by atoms with Crippen LogP contribution in [-0.2, 0) is 17.9 Å². The molecule has 8 heteroatoms. The zero-order chi connectivity index (χ0) is 21.4. The lowest BCUT2D eigenvalue weighted by Gasteiger charge is -2.42. The number of amides is 1. The summed E-state index contributed by atoms with van der Waals surface area (Å²) in [5, 5.41) is 7.65. The Balaban J connectivity index is 1.48. The summed E-state index contributed by atoms with van der Waals surface area (Å²) in [6.07, 6.45) is 3.37. The van der Waals surface area contributed by atoms with Crippen LogP contribution in [0.5, 0.6) is 0 Å². The Labute approximate surface area is 181 Å². The quantitative estimate of drug-likeness (QED) is 0.673. The molecule has 5 rings (SSSR count). The van der Waals surface area contributed by atoms with Gasteiger partial charge < -0.3 is 15.1 Å². The Hall–Kier alpha value is -2.97. The number of carbonyl (C=O) groups is 1. The summed E-state index contributed by atoms with van der Waals surface area (Å²) >= 11 is 0. The number of rotatable bonds is 3. The van der Waals surface area contributed by atoms with Crippen molar-refractivity contribution in [1.29, 1.82) is 0 Å². The van der Waals surface area contributed by atoms with Gasteiger partial charge in [0.2, 0.25) is 5.91 Å². The summed E-state index contributed by atoms with van der Waals surface area (Å²) in [6, 6.07) is 9.57. The SMILES string of the molecule is CC(C)C1Nc2nc(nc3ccccc23)CN2CCN(Cc3ccoc3)CC2NC1=O. The molecule has 0 radical (unpaired) electrons. The van der Waals surface area contributed by atoms with E-state index >= 15 is 0 Å². The summed E-state index contributed by atoms with van der Waals surface area (Å²) < 4.78 is 5.22. The van der Waals surface area contributed by atoms with Gasteiger partial charge in [-0.2, -0.15) is 0 Å². The number of carbonyl (C=O) groups excluding carboxylic acids is 1. The van der Waals surface area contributed by atoms with Crippen LogP contribution >= 0.6 is 0 Å². The molecular formula is C23H28N6O2. The number of hydrogen-bond donors (Lipinski definition) is 2. The summed E-state index contributed by atoms with van der Waals surface area (Å²) in [5.74, 6) is 1.61. The van der Waals surface area contributed by atoms with Crippen LogP contribution in [0.25, 0.3) is 10.9 Å². The van der Waals surface area contributed by atoms with Crippen LogP contribution in [0.4, 0.5) is 5.82 Å². The molecule has 2 atom stereocenters. The van der Waals surface area contributed by atoms with Crippen molar-refractivity contribution in [3.05, 3.63) is 54.2 Å². The smallest absolute Gasteiger partial charge is 0.244 e. The maximum atomic E-state index is 13.3. The van der Waals surface area contributed by atoms with Crippen LogP contribution in [0.3, 0.4) is 0 Å². The Bertz CT molecular complexity index is 1070. The fourth-order valence-electron chi connectivity index (χ4n) is 4.41. The molecule has 2 aromatic heterocycles. The summed E-state index contributed by atoms with van der Waals surface area (Å²) in [6.45, 7) is 7.98. The standard InChI is InChI=1S/C23H28N6O2/c1-15(2)21-23(30)26-20-13-28(11-16-7-10-31-14-16)8-9-29(20)12-19-24-18-6-4-3-5-17(18)22(25-19)27-21/h3-7,10,14-15,20-21H,8-9,11-13H2,1-2H3,(H,26,30)(H,24,25,27). The molecule has 1 amide bonds. The number of benzene rings is 1. The van der Waals surface area contributed by atoms with Gasteiger partial charge in [0, 0.05) is 37.1 Å². The first-order chi connectivity index (χ1) is 15.1. The number of furan rings is 1. The second kappa shape index (κ2) is 8.28. The Morgan fingerprint density at radius 1 is 1.16 bits per heavy atom. The molecule has 162 valence electrons. The molecule has 1 saturated heterocycles. The number of hydrogen-bond acceptors (Lipinski definition) is 7. The van der Waals surface area contributed by atoms with Crippen molar-refractivity contribution in [2.45, 2.75) is 39.1 Å². The molecule has 0 spiro atoms. The third kappa shape index (κ3) is 4.13. The molecule has 2 bridgehead atoms. The minimum absolute atomic E-state index is 0.00121. The molecule has 8 nitrogen and oxygen atoms in total. The molecule has 2 aliphatic heterocycles. The van der Waals surface area contributed by atoms with E-state index in [-0.39, 0.29) is 24.0 Å². The van der Waals surface area contributed by atoms with Gasteiger partial charge >= 0.3 is 0 Å². The lowest BCUT2D eigenvalue weighted by molar-refractivity contribution is -0.125. The third-order valence-corrected chi connectivity index (χ3v) is 6.11. The van der Waals surface area contributed by atoms with E-state index in [1.807, 2.05) is 30.3 Å². The first-order valence-electron chi connectivity index (χ1n) is 10.9. The predicted molar refractivity (Wildman–Crippen MR) is 118 cm³/mol. The topological polar surface area (TPSA) is 86.5 Å². The van der Waals surface area contributed by atoms with E-state index < -0.39 is 0 Å². The predicted octanol–water partition coefficient (Wildman–Crippen LogP) is 2.43. The molecule has 2 unspecified atom stereocenters. The van der Waals surface area contributed by atoms with Gasteiger partial charge in [0.15, 0.2) is 0 Å². The highest BCUT2D eigenvalue weighted by atomic mass is 16.3. The van der Waals surface area contributed by atoms with Crippen molar-refractivity contribution < 1.29 is 9.21 Å². The number of para-hydroxylation sites is 1. The second-order valence-corrected chi connectivity index (χ2v) is 8.73. The fraction of sp³-hybridized carbons (Fsp3) is 0.435. The maximum Gasteiger partial charge on any atom is 0.244 e. The van der Waals surface area contributed by atoms with Gasteiger partial charge in [0.1, 0.15) is 17.7 Å². The molecular weight excluding hydrogens is 392 g/mol. The van der Waals surface area contributed by atoms with E-state index in [0.717, 1.165) is 54.3 Å². The van der Waals surface area contributed by atoms with Crippen LogP contribution in [0.2, 0.25) is 0 Å². The first-order valence-corrected chi connectivity index (χ1v) is 10.9. The molecule has 1 fully saturated rings. The normalized spacial score (nSPS) is 22.7. The van der Waals surface area contributed by atoms with Gasteiger partial charge in [0.05, 0.1) is 30.8 Å². The van der Waals surface area contributed by atoms with Crippen LogP contribution in [0.1, 0.15) is 25.2 Å². The number of nitrogens with zero attached hydrogens (tertiary/aromatic N) is 4. The van der Waals surface area contributed by atoms with Gasteiger partial charge in [-0.15, -0.1) is 0 Å². The molecule has 31 heavy (non-hydrogen) atoms. The van der Waals surface area contributed by atoms with Gasteiger partial charge in [-0.05, 0) is 24.1 Å². The second-order valence-electron chi connectivity index (χ2n) is 8.73. The van der Waals surface area contributed by atoms with Gasteiger partial charge in [-0.1, -0.05) is 26.0 Å². The monoisotopic (exact) mass is 420 g/mol. The van der Waals surface area contributed by atoms with Crippen LogP contribution < -0.4 is 10.6 Å². The van der Waals surface area contributed by atoms with E-state index in [1.54, 1.807) is 12.5 Å².